The maximum atomic E-state index is 13.0. The number of nitrogens with one attached hydrogen (secondary N) is 1. The van der Waals surface area contributed by atoms with E-state index in [1.165, 1.54) is 18.2 Å². The molecule has 0 radical (unpaired) electrons. The van der Waals surface area contributed by atoms with Crippen LogP contribution in [-0.2, 0) is 11.0 Å². The number of rotatable bonds is 5. The second-order valence-corrected chi connectivity index (χ2v) is 6.74. The van der Waals surface area contributed by atoms with Gasteiger partial charge in [-0.05, 0) is 19.1 Å². The normalized spacial score (nSPS) is 17.5. The minimum Gasteiger partial charge on any atom is -0.424 e. The number of nitrogens with zero attached hydrogens (tertiary/aromatic N) is 4. The lowest BCUT2D eigenvalue weighted by Crippen LogP contribution is -2.49. The molecule has 1 saturated heterocycles. The van der Waals surface area contributed by atoms with Crippen LogP contribution >= 0.6 is 0 Å². The van der Waals surface area contributed by atoms with Crippen molar-refractivity contribution < 1.29 is 22.4 Å². The lowest BCUT2D eigenvalue weighted by Gasteiger charge is -2.36. The number of aryl methyl sites for hydroxylation is 1. The standard InChI is InChI=1S/C18H22F3N5O2/c1-12(17-24-23-13(2)28-17)26-9-7-25(8-10-26)11-16(27)22-15-6-4-3-5-14(15)18(19,20)21/h3-6,12H,7-11H2,1-2H3,(H,22,27). The summed E-state index contributed by atoms with van der Waals surface area (Å²) in [6, 6.07) is 4.94. The highest BCUT2D eigenvalue weighted by Crippen LogP contribution is 2.34. The molecule has 2 heterocycles. The van der Waals surface area contributed by atoms with Gasteiger partial charge in [-0.1, -0.05) is 12.1 Å². The summed E-state index contributed by atoms with van der Waals surface area (Å²) in [5.41, 5.74) is -1.07. The van der Waals surface area contributed by atoms with E-state index in [0.717, 1.165) is 6.07 Å². The Morgan fingerprint density at radius 2 is 1.89 bits per heavy atom. The average Bonchev–Trinajstić information content (AvgIpc) is 3.07. The second kappa shape index (κ2) is 8.27. The number of amides is 1. The Kier molecular flexibility index (Phi) is 5.99. The summed E-state index contributed by atoms with van der Waals surface area (Å²) >= 11 is 0. The first-order valence-electron chi connectivity index (χ1n) is 8.96. The summed E-state index contributed by atoms with van der Waals surface area (Å²) in [5.74, 6) is 0.592. The number of halogens is 3. The average molecular weight is 397 g/mol. The number of hydrogen-bond donors (Lipinski definition) is 1. The van der Waals surface area contributed by atoms with Gasteiger partial charge in [-0.25, -0.2) is 0 Å². The number of anilines is 1. The van der Waals surface area contributed by atoms with Crippen molar-refractivity contribution in [3.8, 4) is 0 Å². The molecule has 1 aliphatic heterocycles. The number of piperazine rings is 1. The summed E-state index contributed by atoms with van der Waals surface area (Å²) in [6.45, 7) is 6.36. The van der Waals surface area contributed by atoms with E-state index >= 15 is 0 Å². The van der Waals surface area contributed by atoms with E-state index in [1.54, 1.807) is 6.92 Å². The van der Waals surface area contributed by atoms with Crippen LogP contribution in [0.15, 0.2) is 28.7 Å². The number of benzene rings is 1. The van der Waals surface area contributed by atoms with Crippen molar-refractivity contribution in [3.63, 3.8) is 0 Å². The highest BCUT2D eigenvalue weighted by atomic mass is 19.4. The third kappa shape index (κ3) is 4.87. The van der Waals surface area contributed by atoms with Gasteiger partial charge in [0.15, 0.2) is 0 Å². The molecule has 2 aromatic rings. The van der Waals surface area contributed by atoms with Crippen molar-refractivity contribution in [3.05, 3.63) is 41.6 Å². The molecular weight excluding hydrogens is 375 g/mol. The first-order valence-corrected chi connectivity index (χ1v) is 8.96. The molecule has 10 heteroatoms. The minimum atomic E-state index is -4.52. The summed E-state index contributed by atoms with van der Waals surface area (Å²) < 4.78 is 44.6. The Hall–Kier alpha value is -2.46. The summed E-state index contributed by atoms with van der Waals surface area (Å²) in [4.78, 5) is 16.3. The highest BCUT2D eigenvalue weighted by Gasteiger charge is 2.33. The molecule has 1 fully saturated rings. The van der Waals surface area contributed by atoms with Gasteiger partial charge in [0, 0.05) is 33.1 Å². The number of carbonyl (C=O) groups excluding carboxylic acids is 1. The zero-order chi connectivity index (χ0) is 20.3. The lowest BCUT2D eigenvalue weighted by molar-refractivity contribution is -0.137. The number of alkyl halides is 3. The van der Waals surface area contributed by atoms with Gasteiger partial charge in [0.25, 0.3) is 0 Å². The van der Waals surface area contributed by atoms with Gasteiger partial charge >= 0.3 is 6.18 Å². The number of aromatic nitrogens is 2. The highest BCUT2D eigenvalue weighted by molar-refractivity contribution is 5.93. The third-order valence-corrected chi connectivity index (χ3v) is 4.73. The van der Waals surface area contributed by atoms with Crippen LogP contribution in [0.4, 0.5) is 18.9 Å². The zero-order valence-electron chi connectivity index (χ0n) is 15.7. The molecule has 1 aliphatic rings. The van der Waals surface area contributed by atoms with Crippen molar-refractivity contribution in [1.82, 2.24) is 20.0 Å². The molecule has 7 nitrogen and oxygen atoms in total. The predicted molar refractivity (Wildman–Crippen MR) is 95.5 cm³/mol. The van der Waals surface area contributed by atoms with Crippen LogP contribution < -0.4 is 5.32 Å². The van der Waals surface area contributed by atoms with Crippen molar-refractivity contribution in [2.45, 2.75) is 26.1 Å². The van der Waals surface area contributed by atoms with E-state index in [2.05, 4.69) is 20.4 Å². The minimum absolute atomic E-state index is 0.0316. The molecule has 1 amide bonds. The smallest absolute Gasteiger partial charge is 0.418 e. The topological polar surface area (TPSA) is 74.5 Å². The van der Waals surface area contributed by atoms with E-state index in [-0.39, 0.29) is 18.3 Å². The molecule has 152 valence electrons. The van der Waals surface area contributed by atoms with Gasteiger partial charge in [-0.3, -0.25) is 14.6 Å². The van der Waals surface area contributed by atoms with Gasteiger partial charge in [0.05, 0.1) is 23.8 Å². The molecule has 1 atom stereocenters. The Morgan fingerprint density at radius 3 is 2.50 bits per heavy atom. The van der Waals surface area contributed by atoms with Crippen LogP contribution in [0.2, 0.25) is 0 Å². The molecule has 1 N–H and O–H groups in total. The van der Waals surface area contributed by atoms with E-state index in [9.17, 15) is 18.0 Å². The fraction of sp³-hybridized carbons (Fsp3) is 0.500. The van der Waals surface area contributed by atoms with Gasteiger partial charge in [0.1, 0.15) is 0 Å². The first kappa shape index (κ1) is 20.3. The van der Waals surface area contributed by atoms with E-state index in [1.807, 2.05) is 11.8 Å². The third-order valence-electron chi connectivity index (χ3n) is 4.73. The molecular formula is C18H22F3N5O2. The van der Waals surface area contributed by atoms with Crippen LogP contribution in [0.5, 0.6) is 0 Å². The molecule has 28 heavy (non-hydrogen) atoms. The second-order valence-electron chi connectivity index (χ2n) is 6.74. The monoisotopic (exact) mass is 397 g/mol. The maximum Gasteiger partial charge on any atom is 0.418 e. The van der Waals surface area contributed by atoms with Crippen molar-refractivity contribution in [2.75, 3.05) is 38.0 Å². The van der Waals surface area contributed by atoms with E-state index < -0.39 is 17.6 Å². The Labute approximate surface area is 160 Å². The van der Waals surface area contributed by atoms with Gasteiger partial charge in [-0.2, -0.15) is 13.2 Å². The molecule has 1 aromatic carbocycles. The van der Waals surface area contributed by atoms with Crippen molar-refractivity contribution >= 4 is 11.6 Å². The number of hydrogen-bond acceptors (Lipinski definition) is 6. The molecule has 0 aliphatic carbocycles. The zero-order valence-corrected chi connectivity index (χ0v) is 15.7. The molecule has 0 bridgehead atoms. The lowest BCUT2D eigenvalue weighted by atomic mass is 10.1. The van der Waals surface area contributed by atoms with Gasteiger partial charge < -0.3 is 9.73 Å². The molecule has 1 unspecified atom stereocenters. The largest absolute Gasteiger partial charge is 0.424 e. The van der Waals surface area contributed by atoms with Crippen molar-refractivity contribution in [1.29, 1.82) is 0 Å². The summed E-state index contributed by atoms with van der Waals surface area (Å²) in [7, 11) is 0. The maximum absolute atomic E-state index is 13.0. The predicted octanol–water partition coefficient (Wildman–Crippen LogP) is 2.71. The Morgan fingerprint density at radius 1 is 1.21 bits per heavy atom. The molecule has 0 saturated carbocycles. The Balaban J connectivity index is 1.52. The Bertz CT molecular complexity index is 816. The summed E-state index contributed by atoms with van der Waals surface area (Å²) in [5, 5.41) is 10.2. The van der Waals surface area contributed by atoms with Crippen LogP contribution in [0.25, 0.3) is 0 Å². The molecule has 1 aromatic heterocycles. The van der Waals surface area contributed by atoms with Crippen molar-refractivity contribution in [2.24, 2.45) is 0 Å². The number of para-hydroxylation sites is 1. The fourth-order valence-corrected chi connectivity index (χ4v) is 3.18. The SMILES string of the molecule is Cc1nnc(C(C)N2CCN(CC(=O)Nc3ccccc3C(F)(F)F)CC2)o1. The van der Waals surface area contributed by atoms with E-state index in [4.69, 9.17) is 4.42 Å². The van der Waals surface area contributed by atoms with Gasteiger partial charge in [0.2, 0.25) is 17.7 Å². The molecule has 3 rings (SSSR count). The van der Waals surface area contributed by atoms with Crippen LogP contribution in [-0.4, -0.2) is 58.6 Å². The fourth-order valence-electron chi connectivity index (χ4n) is 3.18. The number of carbonyl (C=O) groups is 1. The van der Waals surface area contributed by atoms with Crippen LogP contribution in [0.1, 0.15) is 30.3 Å². The summed E-state index contributed by atoms with van der Waals surface area (Å²) in [6.07, 6.45) is -4.52. The van der Waals surface area contributed by atoms with E-state index in [0.29, 0.717) is 38.0 Å². The van der Waals surface area contributed by atoms with Crippen LogP contribution in [0.3, 0.4) is 0 Å². The quantitative estimate of drug-likeness (QED) is 0.836. The van der Waals surface area contributed by atoms with Gasteiger partial charge in [-0.15, -0.1) is 10.2 Å². The first-order chi connectivity index (χ1) is 13.2. The molecule has 0 spiro atoms. The van der Waals surface area contributed by atoms with Crippen LogP contribution in [0, 0.1) is 6.92 Å².